The normalized spacial score (nSPS) is 36.0. The zero-order chi connectivity index (χ0) is 19.7. The number of hydrogen-bond donors (Lipinski definition) is 0. The summed E-state index contributed by atoms with van der Waals surface area (Å²) in [5.74, 6) is 6.56. The van der Waals surface area contributed by atoms with Crippen LogP contribution in [0.3, 0.4) is 0 Å². The van der Waals surface area contributed by atoms with E-state index < -0.39 is 0 Å². The van der Waals surface area contributed by atoms with Crippen molar-refractivity contribution in [2.24, 2.45) is 40.9 Å². The molecule has 3 aliphatic rings. The highest BCUT2D eigenvalue weighted by molar-refractivity contribution is 4.98. The molecule has 3 rings (SSSR count). The minimum absolute atomic E-state index is 0.571. The first-order valence-corrected chi connectivity index (χ1v) is 12.6. The highest BCUT2D eigenvalue weighted by Crippen LogP contribution is 2.57. The van der Waals surface area contributed by atoms with Crippen molar-refractivity contribution in [3.05, 3.63) is 0 Å². The third kappa shape index (κ3) is 5.75. The summed E-state index contributed by atoms with van der Waals surface area (Å²) in [6.45, 7) is 17.9. The minimum Gasteiger partial charge on any atom is -0.0683 e. The smallest absolute Gasteiger partial charge is 0.0350 e. The van der Waals surface area contributed by atoms with Gasteiger partial charge in [-0.25, -0.2) is 0 Å². The molecule has 6 atom stereocenters. The van der Waals surface area contributed by atoms with E-state index in [-0.39, 0.29) is 0 Å². The van der Waals surface area contributed by atoms with Crippen LogP contribution in [0.5, 0.6) is 0 Å². The molecule has 0 radical (unpaired) electrons. The van der Waals surface area contributed by atoms with Crippen LogP contribution in [0.4, 0.5) is 0 Å². The Labute approximate surface area is 167 Å². The van der Waals surface area contributed by atoms with Crippen molar-refractivity contribution in [1.29, 1.82) is 0 Å². The lowest BCUT2D eigenvalue weighted by atomic mass is 9.54. The van der Waals surface area contributed by atoms with Crippen molar-refractivity contribution in [2.75, 3.05) is 0 Å². The molecule has 3 aliphatic carbocycles. The maximum atomic E-state index is 2.55. The summed E-state index contributed by atoms with van der Waals surface area (Å²) in [4.78, 5) is 0. The summed E-state index contributed by atoms with van der Waals surface area (Å²) in [6, 6.07) is 0. The molecular formula is C26H52. The molecule has 0 amide bonds. The van der Waals surface area contributed by atoms with Gasteiger partial charge >= 0.3 is 0 Å². The van der Waals surface area contributed by atoms with Gasteiger partial charge in [0.15, 0.2) is 0 Å². The van der Waals surface area contributed by atoms with Gasteiger partial charge in [-0.2, -0.15) is 0 Å². The highest BCUT2D eigenvalue weighted by atomic mass is 14.5. The van der Waals surface area contributed by atoms with Gasteiger partial charge in [-0.1, -0.05) is 81.1 Å². The molecule has 0 N–H and O–H groups in total. The minimum atomic E-state index is 0.571. The van der Waals surface area contributed by atoms with Crippen LogP contribution in [0.25, 0.3) is 0 Å². The van der Waals surface area contributed by atoms with Gasteiger partial charge in [0.1, 0.15) is 0 Å². The largest absolute Gasteiger partial charge is 0.0683 e. The summed E-state index contributed by atoms with van der Waals surface area (Å²) < 4.78 is 0. The van der Waals surface area contributed by atoms with E-state index in [1.54, 1.807) is 44.9 Å². The molecule has 0 heteroatoms. The van der Waals surface area contributed by atoms with Crippen molar-refractivity contribution in [2.45, 2.75) is 126 Å². The molecular weight excluding hydrogens is 312 g/mol. The lowest BCUT2D eigenvalue weighted by molar-refractivity contribution is -0.0213. The summed E-state index contributed by atoms with van der Waals surface area (Å²) >= 11 is 0. The van der Waals surface area contributed by atoms with E-state index in [0.717, 1.165) is 35.5 Å². The molecule has 3 fully saturated rings. The Bertz CT molecular complexity index is 355. The molecule has 6 unspecified atom stereocenters. The lowest BCUT2D eigenvalue weighted by Crippen LogP contribution is -2.43. The zero-order valence-electron chi connectivity index (χ0n) is 19.7. The fourth-order valence-corrected chi connectivity index (χ4v) is 7.10. The maximum Gasteiger partial charge on any atom is -0.0350 e. The second kappa shape index (κ2) is 11.8. The molecule has 0 aliphatic heterocycles. The molecule has 0 aromatic rings. The number of fused-ring (bicyclic) bond motifs is 3. The van der Waals surface area contributed by atoms with Gasteiger partial charge in [0.05, 0.1) is 0 Å². The number of rotatable bonds is 5. The van der Waals surface area contributed by atoms with Crippen LogP contribution in [0.1, 0.15) is 126 Å². The van der Waals surface area contributed by atoms with Crippen molar-refractivity contribution in [3.63, 3.8) is 0 Å². The van der Waals surface area contributed by atoms with Gasteiger partial charge < -0.3 is 0 Å². The van der Waals surface area contributed by atoms with Crippen LogP contribution >= 0.6 is 0 Å². The van der Waals surface area contributed by atoms with E-state index in [1.807, 2.05) is 27.7 Å². The fraction of sp³-hybridized carbons (Fsp3) is 1.00. The van der Waals surface area contributed by atoms with Gasteiger partial charge in [-0.05, 0) is 85.9 Å². The number of hydrogen-bond acceptors (Lipinski definition) is 0. The predicted octanol–water partition coefficient (Wildman–Crippen LogP) is 9.13. The van der Waals surface area contributed by atoms with Gasteiger partial charge in [0.2, 0.25) is 0 Å². The van der Waals surface area contributed by atoms with Crippen LogP contribution in [0.15, 0.2) is 0 Å². The molecule has 3 saturated carbocycles. The average molecular weight is 365 g/mol. The third-order valence-corrected chi connectivity index (χ3v) is 7.95. The van der Waals surface area contributed by atoms with E-state index in [9.17, 15) is 0 Å². The molecule has 0 spiro atoms. The van der Waals surface area contributed by atoms with Gasteiger partial charge in [0, 0.05) is 0 Å². The Hall–Kier alpha value is 0. The van der Waals surface area contributed by atoms with Gasteiger partial charge in [-0.3, -0.25) is 0 Å². The molecule has 0 aromatic heterocycles. The van der Waals surface area contributed by atoms with Crippen LogP contribution in [-0.4, -0.2) is 0 Å². The first-order valence-electron chi connectivity index (χ1n) is 12.6. The summed E-state index contributed by atoms with van der Waals surface area (Å²) in [5, 5.41) is 0. The third-order valence-electron chi connectivity index (χ3n) is 7.95. The quantitative estimate of drug-likeness (QED) is 0.456. The molecule has 156 valence electrons. The zero-order valence-corrected chi connectivity index (χ0v) is 19.7. The molecule has 0 aromatic carbocycles. The molecule has 0 saturated heterocycles. The van der Waals surface area contributed by atoms with Crippen molar-refractivity contribution < 1.29 is 0 Å². The van der Waals surface area contributed by atoms with Crippen LogP contribution in [0, 0.1) is 40.9 Å². The van der Waals surface area contributed by atoms with Crippen molar-refractivity contribution in [3.8, 4) is 0 Å². The monoisotopic (exact) mass is 364 g/mol. The summed E-state index contributed by atoms with van der Waals surface area (Å²) in [6.07, 6.45) is 16.7. The molecule has 0 bridgehead atoms. The Morgan fingerprint density at radius 2 is 1.38 bits per heavy atom. The van der Waals surface area contributed by atoms with E-state index in [1.165, 1.54) is 25.7 Å². The van der Waals surface area contributed by atoms with E-state index in [2.05, 4.69) is 27.7 Å². The first-order chi connectivity index (χ1) is 12.6. The lowest BCUT2D eigenvalue weighted by Gasteiger charge is -2.52. The molecule has 26 heavy (non-hydrogen) atoms. The fourth-order valence-electron chi connectivity index (χ4n) is 7.10. The topological polar surface area (TPSA) is 0 Å². The van der Waals surface area contributed by atoms with E-state index in [4.69, 9.17) is 0 Å². The second-order valence-electron chi connectivity index (χ2n) is 9.79. The average Bonchev–Trinajstić information content (AvgIpc) is 3.14. The molecule has 0 nitrogen and oxygen atoms in total. The van der Waals surface area contributed by atoms with Crippen molar-refractivity contribution >= 4 is 0 Å². The molecule has 0 heterocycles. The predicted molar refractivity (Wildman–Crippen MR) is 120 cm³/mol. The van der Waals surface area contributed by atoms with Gasteiger partial charge in [0.25, 0.3) is 0 Å². The van der Waals surface area contributed by atoms with Crippen molar-refractivity contribution in [1.82, 2.24) is 0 Å². The maximum absolute atomic E-state index is 2.55. The second-order valence-corrected chi connectivity index (χ2v) is 9.79. The summed E-state index contributed by atoms with van der Waals surface area (Å²) in [5.41, 5.74) is 0.571. The van der Waals surface area contributed by atoms with Crippen LogP contribution < -0.4 is 0 Å². The Morgan fingerprint density at radius 1 is 0.731 bits per heavy atom. The van der Waals surface area contributed by atoms with Crippen LogP contribution in [0.2, 0.25) is 0 Å². The standard InChI is InChI=1S/C22H40.2C2H6/c1-5-14-22(3,4)15-21-16(6-2)10-12-19-18-9-7-8-17(18)11-13-20(19)21;2*1-2/h16-21H,5-15H2,1-4H3;2*1-2H3. The highest BCUT2D eigenvalue weighted by Gasteiger charge is 2.48. The SMILES string of the molecule is CC.CC.CCCC(C)(C)CC1C(CC)CCC2C3CCCC3CCC12. The Morgan fingerprint density at radius 3 is 2.00 bits per heavy atom. The summed E-state index contributed by atoms with van der Waals surface area (Å²) in [7, 11) is 0. The Kier molecular flexibility index (Phi) is 10.9. The van der Waals surface area contributed by atoms with Gasteiger partial charge in [-0.15, -0.1) is 0 Å². The van der Waals surface area contributed by atoms with E-state index in [0.29, 0.717) is 5.41 Å². The Balaban J connectivity index is 0.000000791. The van der Waals surface area contributed by atoms with Crippen LogP contribution in [-0.2, 0) is 0 Å². The van der Waals surface area contributed by atoms with E-state index >= 15 is 0 Å². The first kappa shape index (κ1) is 24.0.